The lowest BCUT2D eigenvalue weighted by Crippen LogP contribution is -2.28. The molecular formula is C10H20N3O6P. The summed E-state index contributed by atoms with van der Waals surface area (Å²) in [4.78, 5) is 26.6. The summed E-state index contributed by atoms with van der Waals surface area (Å²) in [5.41, 5.74) is 4.31. The Kier molecular flexibility index (Phi) is 7.41. The number of nitrogens with one attached hydrogen (secondary N) is 1. The summed E-state index contributed by atoms with van der Waals surface area (Å²) in [7, 11) is -2.81. The maximum absolute atomic E-state index is 12.6. The van der Waals surface area contributed by atoms with E-state index in [4.69, 9.17) is 14.8 Å². The van der Waals surface area contributed by atoms with Gasteiger partial charge in [-0.2, -0.15) is 0 Å². The monoisotopic (exact) mass is 309 g/mol. The number of nitrogens with zero attached hydrogens (tertiary/aromatic N) is 1. The number of amides is 2. The van der Waals surface area contributed by atoms with Crippen LogP contribution in [0.2, 0.25) is 0 Å². The molecule has 0 heterocycles. The highest BCUT2D eigenvalue weighted by molar-refractivity contribution is 7.75. The Bertz CT molecular complexity index is 421. The van der Waals surface area contributed by atoms with Crippen LogP contribution in [0.5, 0.6) is 0 Å². The third-order valence-corrected chi connectivity index (χ3v) is 3.82. The van der Waals surface area contributed by atoms with Gasteiger partial charge in [-0.05, 0) is 27.7 Å². The number of nitrogens with two attached hydrogens (primary N) is 1. The van der Waals surface area contributed by atoms with Gasteiger partial charge in [0.25, 0.3) is 11.4 Å². The molecule has 9 nitrogen and oxygen atoms in total. The fourth-order valence-corrected chi connectivity index (χ4v) is 2.81. The van der Waals surface area contributed by atoms with Crippen LogP contribution in [0.1, 0.15) is 27.7 Å². The van der Waals surface area contributed by atoms with Crippen molar-refractivity contribution in [2.24, 2.45) is 10.9 Å². The SMILES string of the molecule is CNC(=O)O/N=C(\C(N)=O)P(=O)(OC(C)C)OC(C)C. The molecule has 0 aliphatic rings. The third-order valence-electron chi connectivity index (χ3n) is 1.60. The molecule has 3 N–H and O–H groups in total. The first-order chi connectivity index (χ1) is 9.12. The number of carbonyl (C=O) groups is 2. The van der Waals surface area contributed by atoms with E-state index in [1.54, 1.807) is 27.7 Å². The van der Waals surface area contributed by atoms with Crippen LogP contribution in [0.3, 0.4) is 0 Å². The molecule has 0 aliphatic heterocycles. The van der Waals surface area contributed by atoms with Gasteiger partial charge in [0, 0.05) is 7.05 Å². The van der Waals surface area contributed by atoms with Gasteiger partial charge in [-0.1, -0.05) is 5.16 Å². The molecule has 2 amide bonds. The first-order valence-electron chi connectivity index (χ1n) is 5.86. The first kappa shape index (κ1) is 18.6. The molecule has 10 heteroatoms. The van der Waals surface area contributed by atoms with Crippen molar-refractivity contribution in [3.8, 4) is 0 Å². The summed E-state index contributed by atoms with van der Waals surface area (Å²) in [6, 6.07) is 0. The van der Waals surface area contributed by atoms with Gasteiger partial charge in [-0.25, -0.2) is 4.79 Å². The van der Waals surface area contributed by atoms with E-state index in [1.807, 2.05) is 0 Å². The van der Waals surface area contributed by atoms with Crippen LogP contribution in [0.15, 0.2) is 5.16 Å². The number of hydrogen-bond donors (Lipinski definition) is 2. The zero-order valence-corrected chi connectivity index (χ0v) is 13.0. The second-order valence-corrected chi connectivity index (χ2v) is 6.05. The largest absolute Gasteiger partial charge is 0.433 e. The quantitative estimate of drug-likeness (QED) is 0.314. The molecule has 0 radical (unpaired) electrons. The standard InChI is InChI=1S/C10H20N3O6P/c1-6(2)18-20(16,19-7(3)4)9(8(11)14)13-17-10(15)12-5/h6-7H,1-5H3,(H2,11,14)(H,12,15)/b13-9+. The second-order valence-electron chi connectivity index (χ2n) is 4.21. The van der Waals surface area contributed by atoms with Crippen LogP contribution in [0.4, 0.5) is 4.79 Å². The maximum Gasteiger partial charge on any atom is 0.433 e. The third kappa shape index (κ3) is 6.14. The Morgan fingerprint density at radius 1 is 1.15 bits per heavy atom. The Morgan fingerprint density at radius 2 is 1.60 bits per heavy atom. The summed E-state index contributed by atoms with van der Waals surface area (Å²) < 4.78 is 22.8. The molecule has 20 heavy (non-hydrogen) atoms. The zero-order chi connectivity index (χ0) is 15.9. The average molecular weight is 309 g/mol. The Balaban J connectivity index is 5.48. The minimum Gasteiger partial charge on any atom is -0.364 e. The highest BCUT2D eigenvalue weighted by Gasteiger charge is 2.39. The van der Waals surface area contributed by atoms with Gasteiger partial charge >= 0.3 is 13.7 Å². The molecule has 0 aromatic carbocycles. The fourth-order valence-electron chi connectivity index (χ4n) is 1.04. The molecule has 0 aliphatic carbocycles. The summed E-state index contributed by atoms with van der Waals surface area (Å²) in [6.45, 7) is 6.37. The van der Waals surface area contributed by atoms with Crippen molar-refractivity contribution in [2.75, 3.05) is 7.05 Å². The molecule has 0 aromatic heterocycles. The van der Waals surface area contributed by atoms with Crippen molar-refractivity contribution in [3.05, 3.63) is 0 Å². The van der Waals surface area contributed by atoms with Crippen LogP contribution in [0.25, 0.3) is 0 Å². The molecule has 0 spiro atoms. The lowest BCUT2D eigenvalue weighted by Gasteiger charge is -2.21. The van der Waals surface area contributed by atoms with Crippen molar-refractivity contribution in [3.63, 3.8) is 0 Å². The molecule has 0 saturated heterocycles. The minimum atomic E-state index is -4.09. The fraction of sp³-hybridized carbons (Fsp3) is 0.700. The number of rotatable bonds is 7. The van der Waals surface area contributed by atoms with E-state index < -0.39 is 37.3 Å². The van der Waals surface area contributed by atoms with E-state index in [0.29, 0.717) is 0 Å². The van der Waals surface area contributed by atoms with Crippen molar-refractivity contribution >= 4 is 25.0 Å². The molecule has 0 fully saturated rings. The maximum atomic E-state index is 12.6. The van der Waals surface area contributed by atoms with Crippen LogP contribution in [-0.2, 0) is 23.2 Å². The van der Waals surface area contributed by atoms with Crippen molar-refractivity contribution in [2.45, 2.75) is 39.9 Å². The number of carbonyl (C=O) groups excluding carboxylic acids is 2. The second kappa shape index (κ2) is 7.98. The van der Waals surface area contributed by atoms with Gasteiger partial charge in [0.15, 0.2) is 0 Å². The van der Waals surface area contributed by atoms with Crippen LogP contribution in [0, 0.1) is 0 Å². The molecule has 116 valence electrons. The number of primary amides is 1. The predicted octanol–water partition coefficient (Wildman–Crippen LogP) is 1.18. The molecule has 0 saturated carbocycles. The smallest absolute Gasteiger partial charge is 0.364 e. The number of oxime groups is 1. The van der Waals surface area contributed by atoms with Crippen LogP contribution < -0.4 is 11.1 Å². The van der Waals surface area contributed by atoms with Crippen LogP contribution in [-0.4, -0.2) is 36.7 Å². The van der Waals surface area contributed by atoms with Gasteiger partial charge < -0.3 is 20.1 Å². The highest BCUT2D eigenvalue weighted by atomic mass is 31.2. The highest BCUT2D eigenvalue weighted by Crippen LogP contribution is 2.52. The minimum absolute atomic E-state index is 0.524. The van der Waals surface area contributed by atoms with Gasteiger partial charge in [0.1, 0.15) is 0 Å². The van der Waals surface area contributed by atoms with Gasteiger partial charge in [-0.3, -0.25) is 14.2 Å². The predicted molar refractivity (Wildman–Crippen MR) is 72.2 cm³/mol. The van der Waals surface area contributed by atoms with Crippen LogP contribution >= 0.6 is 7.60 Å². The molecule has 0 rings (SSSR count). The lowest BCUT2D eigenvalue weighted by molar-refractivity contribution is -0.111. The molecule has 0 unspecified atom stereocenters. The van der Waals surface area contributed by atoms with Gasteiger partial charge in [0.2, 0.25) is 0 Å². The molecule has 0 aromatic rings. The summed E-state index contributed by atoms with van der Waals surface area (Å²) in [6.07, 6.45) is -2.00. The molecule has 0 atom stereocenters. The van der Waals surface area contributed by atoms with Gasteiger partial charge in [-0.15, -0.1) is 0 Å². The van der Waals surface area contributed by atoms with E-state index in [9.17, 15) is 14.2 Å². The van der Waals surface area contributed by atoms with E-state index in [-0.39, 0.29) is 0 Å². The topological polar surface area (TPSA) is 129 Å². The zero-order valence-electron chi connectivity index (χ0n) is 12.1. The summed E-state index contributed by atoms with van der Waals surface area (Å²) >= 11 is 0. The summed E-state index contributed by atoms with van der Waals surface area (Å²) in [5, 5.41) is 5.29. The van der Waals surface area contributed by atoms with Crippen molar-refractivity contribution < 1.29 is 28.0 Å². The van der Waals surface area contributed by atoms with E-state index in [0.717, 1.165) is 0 Å². The van der Waals surface area contributed by atoms with E-state index in [2.05, 4.69) is 15.3 Å². The number of hydrogen-bond acceptors (Lipinski definition) is 7. The summed E-state index contributed by atoms with van der Waals surface area (Å²) in [5.74, 6) is -1.17. The average Bonchev–Trinajstić information content (AvgIpc) is 2.25. The molecule has 0 bridgehead atoms. The van der Waals surface area contributed by atoms with Gasteiger partial charge in [0.05, 0.1) is 12.2 Å². The Morgan fingerprint density at radius 3 is 1.90 bits per heavy atom. The van der Waals surface area contributed by atoms with Crippen molar-refractivity contribution in [1.82, 2.24) is 5.32 Å². The molecular weight excluding hydrogens is 289 g/mol. The normalized spacial score (nSPS) is 12.7. The van der Waals surface area contributed by atoms with E-state index in [1.165, 1.54) is 7.05 Å². The first-order valence-corrected chi connectivity index (χ1v) is 7.40. The van der Waals surface area contributed by atoms with Crippen molar-refractivity contribution in [1.29, 1.82) is 0 Å². The Labute approximate surface area is 117 Å². The lowest BCUT2D eigenvalue weighted by atomic mass is 10.5. The Hall–Kier alpha value is -1.44. The van der Waals surface area contributed by atoms with E-state index >= 15 is 0 Å².